The van der Waals surface area contributed by atoms with Gasteiger partial charge in [-0.15, -0.1) is 0 Å². The summed E-state index contributed by atoms with van der Waals surface area (Å²) in [7, 11) is -1.93. The summed E-state index contributed by atoms with van der Waals surface area (Å²) >= 11 is 0. The fourth-order valence-corrected chi connectivity index (χ4v) is 3.13. The van der Waals surface area contributed by atoms with Gasteiger partial charge in [-0.25, -0.2) is 0 Å². The van der Waals surface area contributed by atoms with Gasteiger partial charge >= 0.3 is 0 Å². The third kappa shape index (κ3) is 2.69. The summed E-state index contributed by atoms with van der Waals surface area (Å²) in [5, 5.41) is 10.3. The molecule has 0 aromatic heterocycles. The van der Waals surface area contributed by atoms with Crippen LogP contribution in [0.25, 0.3) is 0 Å². The van der Waals surface area contributed by atoms with Crippen molar-refractivity contribution in [3.63, 3.8) is 0 Å². The number of aromatic hydroxyl groups is 1. The van der Waals surface area contributed by atoms with E-state index < -0.39 is 15.0 Å². The molecule has 0 radical (unpaired) electrons. The number of hydrogen-bond acceptors (Lipinski definition) is 5. The number of phenolic OH excluding ortho intramolecular Hbond substituents is 1. The van der Waals surface area contributed by atoms with Gasteiger partial charge in [0, 0.05) is 11.1 Å². The predicted octanol–water partition coefficient (Wildman–Crippen LogP) is 2.48. The van der Waals surface area contributed by atoms with Gasteiger partial charge in [0.2, 0.25) is 0 Å². The molecule has 0 aliphatic carbocycles. The number of phenols is 1. The molecule has 0 spiro atoms. The molecule has 1 unspecified atom stereocenters. The molecule has 1 aromatic carbocycles. The minimum Gasteiger partial charge on any atom is -0.504 e. The number of methoxy groups -OCH3 is 2. The summed E-state index contributed by atoms with van der Waals surface area (Å²) in [4.78, 5) is -0.471. The average molecular weight is 304 g/mol. The van der Waals surface area contributed by atoms with Gasteiger partial charge < -0.3 is 14.6 Å². The maximum absolute atomic E-state index is 11.5. The molecule has 0 fully saturated rings. The van der Waals surface area contributed by atoms with Crippen molar-refractivity contribution in [2.45, 2.75) is 38.0 Å². The van der Waals surface area contributed by atoms with Gasteiger partial charge in [-0.05, 0) is 19.3 Å². The molecule has 0 saturated heterocycles. The zero-order valence-corrected chi connectivity index (χ0v) is 13.0. The second-order valence-corrected chi connectivity index (χ2v) is 5.93. The largest absolute Gasteiger partial charge is 0.504 e. The van der Waals surface area contributed by atoms with E-state index in [9.17, 15) is 18.1 Å². The maximum atomic E-state index is 11.5. The molecule has 1 atom stereocenters. The van der Waals surface area contributed by atoms with Crippen LogP contribution in [-0.4, -0.2) is 32.3 Å². The van der Waals surface area contributed by atoms with Crippen LogP contribution >= 0.6 is 0 Å². The Hall–Kier alpha value is -1.47. The van der Waals surface area contributed by atoms with Gasteiger partial charge in [0.1, 0.15) is 10.6 Å². The maximum Gasteiger partial charge on any atom is 0.298 e. The molecule has 1 aromatic rings. The molecule has 0 heterocycles. The molecule has 1 rings (SSSR count). The van der Waals surface area contributed by atoms with E-state index >= 15 is 0 Å². The van der Waals surface area contributed by atoms with Crippen molar-refractivity contribution >= 4 is 10.1 Å². The predicted molar refractivity (Wildman–Crippen MR) is 74.5 cm³/mol. The van der Waals surface area contributed by atoms with Crippen LogP contribution in [0.4, 0.5) is 0 Å². The zero-order chi connectivity index (χ0) is 15.7. The second kappa shape index (κ2) is 5.88. The quantitative estimate of drug-likeness (QED) is 0.812. The van der Waals surface area contributed by atoms with Crippen LogP contribution in [0.5, 0.6) is 17.2 Å². The summed E-state index contributed by atoms with van der Waals surface area (Å²) in [6.07, 6.45) is 0.720. The van der Waals surface area contributed by atoms with Gasteiger partial charge in [-0.1, -0.05) is 13.8 Å². The lowest BCUT2D eigenvalue weighted by atomic mass is 9.94. The first-order valence-corrected chi connectivity index (χ1v) is 7.59. The smallest absolute Gasteiger partial charge is 0.298 e. The SMILES string of the molecule is CCC(C)c1c(O)c(OC)c(S(=O)(=O)O)c(C)c1OC. The monoisotopic (exact) mass is 304 g/mol. The van der Waals surface area contributed by atoms with E-state index in [0.29, 0.717) is 5.56 Å². The molecule has 20 heavy (non-hydrogen) atoms. The minimum absolute atomic E-state index is 0.0620. The lowest BCUT2D eigenvalue weighted by Gasteiger charge is -2.22. The highest BCUT2D eigenvalue weighted by Gasteiger charge is 2.31. The van der Waals surface area contributed by atoms with Crippen molar-refractivity contribution in [2.24, 2.45) is 0 Å². The summed E-state index contributed by atoms with van der Waals surface area (Å²) in [5.74, 6) is -0.406. The molecular weight excluding hydrogens is 284 g/mol. The molecule has 0 aliphatic heterocycles. The molecule has 0 saturated carbocycles. The molecule has 0 amide bonds. The average Bonchev–Trinajstić information content (AvgIpc) is 2.37. The lowest BCUT2D eigenvalue weighted by molar-refractivity contribution is 0.342. The van der Waals surface area contributed by atoms with E-state index in [4.69, 9.17) is 9.47 Å². The van der Waals surface area contributed by atoms with Crippen LogP contribution in [0.3, 0.4) is 0 Å². The summed E-state index contributed by atoms with van der Waals surface area (Å²) < 4.78 is 42.6. The first-order chi connectivity index (χ1) is 9.20. The van der Waals surface area contributed by atoms with Gasteiger partial charge in [0.05, 0.1) is 14.2 Å². The van der Waals surface area contributed by atoms with Crippen molar-refractivity contribution in [1.29, 1.82) is 0 Å². The minimum atomic E-state index is -4.55. The molecule has 114 valence electrons. The summed E-state index contributed by atoms with van der Waals surface area (Å²) in [6, 6.07) is 0. The Morgan fingerprint density at radius 2 is 1.70 bits per heavy atom. The third-order valence-corrected chi connectivity index (χ3v) is 4.38. The molecule has 6 nitrogen and oxygen atoms in total. The summed E-state index contributed by atoms with van der Waals surface area (Å²) in [5.41, 5.74) is 0.678. The van der Waals surface area contributed by atoms with Crippen LogP contribution in [0, 0.1) is 6.92 Å². The van der Waals surface area contributed by atoms with Crippen molar-refractivity contribution in [3.05, 3.63) is 11.1 Å². The van der Waals surface area contributed by atoms with Crippen LogP contribution < -0.4 is 9.47 Å². The van der Waals surface area contributed by atoms with Crippen LogP contribution in [0.1, 0.15) is 37.3 Å². The Morgan fingerprint density at radius 1 is 1.20 bits per heavy atom. The number of hydrogen-bond donors (Lipinski definition) is 2. The highest BCUT2D eigenvalue weighted by molar-refractivity contribution is 7.86. The first kappa shape index (κ1) is 16.6. The van der Waals surface area contributed by atoms with Crippen molar-refractivity contribution in [3.8, 4) is 17.2 Å². The zero-order valence-electron chi connectivity index (χ0n) is 12.2. The second-order valence-electron chi connectivity index (χ2n) is 4.57. The summed E-state index contributed by atoms with van der Waals surface area (Å²) in [6.45, 7) is 5.31. The Labute approximate surface area is 119 Å². The number of ether oxygens (including phenoxy) is 2. The van der Waals surface area contributed by atoms with E-state index in [1.807, 2.05) is 13.8 Å². The van der Waals surface area contributed by atoms with E-state index in [0.717, 1.165) is 6.42 Å². The van der Waals surface area contributed by atoms with E-state index in [2.05, 4.69) is 0 Å². The van der Waals surface area contributed by atoms with Crippen LogP contribution in [0.15, 0.2) is 4.90 Å². The van der Waals surface area contributed by atoms with Gasteiger partial charge in [-0.3, -0.25) is 4.55 Å². The normalized spacial score (nSPS) is 13.1. The molecular formula is C13H20O6S. The van der Waals surface area contributed by atoms with E-state index in [1.54, 1.807) is 0 Å². The molecule has 2 N–H and O–H groups in total. The first-order valence-electron chi connectivity index (χ1n) is 6.15. The van der Waals surface area contributed by atoms with Gasteiger partial charge in [0.15, 0.2) is 11.5 Å². The number of rotatable bonds is 5. The van der Waals surface area contributed by atoms with Crippen molar-refractivity contribution in [1.82, 2.24) is 0 Å². The standard InChI is InChI=1S/C13H20O6S/c1-6-7(2)9-10(14)12(19-5)13(20(15,16)17)8(3)11(9)18-4/h7,14H,6H2,1-5H3,(H,15,16,17). The highest BCUT2D eigenvalue weighted by atomic mass is 32.2. The van der Waals surface area contributed by atoms with E-state index in [1.165, 1.54) is 21.1 Å². The molecule has 0 bridgehead atoms. The van der Waals surface area contributed by atoms with Gasteiger partial charge in [0.25, 0.3) is 10.1 Å². The third-order valence-electron chi connectivity index (χ3n) is 3.37. The van der Waals surface area contributed by atoms with Gasteiger partial charge in [-0.2, -0.15) is 8.42 Å². The van der Waals surface area contributed by atoms with Crippen LogP contribution in [0.2, 0.25) is 0 Å². The highest BCUT2D eigenvalue weighted by Crippen LogP contribution is 2.48. The Balaban J connectivity index is 3.91. The van der Waals surface area contributed by atoms with Crippen molar-refractivity contribution < 1.29 is 27.6 Å². The molecule has 7 heteroatoms. The number of benzene rings is 1. The fourth-order valence-electron chi connectivity index (χ4n) is 2.24. The van der Waals surface area contributed by atoms with E-state index in [-0.39, 0.29) is 28.7 Å². The Bertz CT molecular complexity index is 606. The van der Waals surface area contributed by atoms with Crippen molar-refractivity contribution in [2.75, 3.05) is 14.2 Å². The van der Waals surface area contributed by atoms with Crippen LogP contribution in [-0.2, 0) is 10.1 Å². The Morgan fingerprint density at radius 3 is 2.05 bits per heavy atom. The lowest BCUT2D eigenvalue weighted by Crippen LogP contribution is -2.09. The fraction of sp³-hybridized carbons (Fsp3) is 0.538. The molecule has 0 aliphatic rings. The topological polar surface area (TPSA) is 93.1 Å². The Kier molecular flexibility index (Phi) is 4.88.